The van der Waals surface area contributed by atoms with Crippen molar-refractivity contribution in [1.82, 2.24) is 4.57 Å². The van der Waals surface area contributed by atoms with Crippen LogP contribution in [0.1, 0.15) is 19.3 Å². The maximum absolute atomic E-state index is 8.43. The molecular weight excluding hydrogens is 210 g/mol. The highest BCUT2D eigenvalue weighted by molar-refractivity contribution is 5.83. The quantitative estimate of drug-likeness (QED) is 0.796. The molecule has 0 aliphatic heterocycles. The van der Waals surface area contributed by atoms with Crippen molar-refractivity contribution >= 4 is 16.6 Å². The summed E-state index contributed by atoms with van der Waals surface area (Å²) in [6.07, 6.45) is 4.73. The number of anilines is 1. The van der Waals surface area contributed by atoms with Gasteiger partial charge in [-0.2, -0.15) is 5.26 Å². The molecule has 0 fully saturated rings. The van der Waals surface area contributed by atoms with Crippen LogP contribution >= 0.6 is 0 Å². The van der Waals surface area contributed by atoms with E-state index >= 15 is 0 Å². The average molecular weight is 227 g/mol. The first-order valence-corrected chi connectivity index (χ1v) is 5.97. The molecular formula is C14H17N3. The van der Waals surface area contributed by atoms with Crippen molar-refractivity contribution in [3.05, 3.63) is 30.5 Å². The van der Waals surface area contributed by atoms with Crippen molar-refractivity contribution in [3.8, 4) is 6.07 Å². The molecule has 1 aromatic heterocycles. The number of aryl methyl sites for hydroxylation is 1. The van der Waals surface area contributed by atoms with E-state index in [-0.39, 0.29) is 0 Å². The van der Waals surface area contributed by atoms with Gasteiger partial charge in [0, 0.05) is 42.8 Å². The van der Waals surface area contributed by atoms with E-state index in [4.69, 9.17) is 5.26 Å². The zero-order valence-electron chi connectivity index (χ0n) is 10.1. The first-order chi connectivity index (χ1) is 8.31. The fourth-order valence-electron chi connectivity index (χ4n) is 1.95. The van der Waals surface area contributed by atoms with Gasteiger partial charge in [0.25, 0.3) is 0 Å². The van der Waals surface area contributed by atoms with Crippen LogP contribution in [0, 0.1) is 11.3 Å². The first kappa shape index (κ1) is 11.5. The summed E-state index contributed by atoms with van der Waals surface area (Å²) in [6.45, 7) is 0.931. The smallest absolute Gasteiger partial charge is 0.0621 e. The van der Waals surface area contributed by atoms with Crippen LogP contribution in [0.3, 0.4) is 0 Å². The highest BCUT2D eigenvalue weighted by Crippen LogP contribution is 2.19. The Bertz CT molecular complexity index is 534. The van der Waals surface area contributed by atoms with E-state index in [1.54, 1.807) is 0 Å². The molecule has 0 atom stereocenters. The number of benzene rings is 1. The van der Waals surface area contributed by atoms with Gasteiger partial charge >= 0.3 is 0 Å². The lowest BCUT2D eigenvalue weighted by Crippen LogP contribution is -2.00. The van der Waals surface area contributed by atoms with Crippen LogP contribution in [-0.4, -0.2) is 11.1 Å². The summed E-state index contributed by atoms with van der Waals surface area (Å²) >= 11 is 0. The van der Waals surface area contributed by atoms with Gasteiger partial charge in [-0.15, -0.1) is 0 Å². The molecule has 1 N–H and O–H groups in total. The first-order valence-electron chi connectivity index (χ1n) is 5.97. The fraction of sp³-hybridized carbons (Fsp3) is 0.357. The van der Waals surface area contributed by atoms with E-state index in [2.05, 4.69) is 53.5 Å². The molecule has 0 aliphatic carbocycles. The predicted molar refractivity (Wildman–Crippen MR) is 70.9 cm³/mol. The lowest BCUT2D eigenvalue weighted by molar-refractivity contribution is 0.785. The van der Waals surface area contributed by atoms with Gasteiger partial charge < -0.3 is 9.88 Å². The van der Waals surface area contributed by atoms with E-state index in [1.807, 2.05) is 0 Å². The van der Waals surface area contributed by atoms with Crippen LogP contribution < -0.4 is 5.32 Å². The van der Waals surface area contributed by atoms with Gasteiger partial charge in [0.1, 0.15) is 0 Å². The number of nitriles is 1. The van der Waals surface area contributed by atoms with Gasteiger partial charge in [0.2, 0.25) is 0 Å². The number of nitrogens with zero attached hydrogens (tertiary/aromatic N) is 2. The summed E-state index contributed by atoms with van der Waals surface area (Å²) in [7, 11) is 2.05. The second-order valence-corrected chi connectivity index (χ2v) is 4.24. The highest BCUT2D eigenvalue weighted by atomic mass is 14.9. The average Bonchev–Trinajstić information content (AvgIpc) is 2.71. The summed E-state index contributed by atoms with van der Waals surface area (Å²) in [5.74, 6) is 0. The molecule has 88 valence electrons. The number of nitrogens with one attached hydrogen (secondary N) is 1. The molecule has 0 saturated heterocycles. The Kier molecular flexibility index (Phi) is 3.66. The third kappa shape index (κ3) is 2.79. The maximum atomic E-state index is 8.43. The summed E-state index contributed by atoms with van der Waals surface area (Å²) in [6, 6.07) is 10.7. The van der Waals surface area contributed by atoms with Gasteiger partial charge in [-0.3, -0.25) is 0 Å². The Morgan fingerprint density at radius 3 is 3.00 bits per heavy atom. The molecule has 1 aromatic carbocycles. The van der Waals surface area contributed by atoms with Gasteiger partial charge in [-0.05, 0) is 37.1 Å². The fourth-order valence-corrected chi connectivity index (χ4v) is 1.95. The number of aromatic nitrogens is 1. The van der Waals surface area contributed by atoms with E-state index in [1.165, 1.54) is 10.9 Å². The summed E-state index contributed by atoms with van der Waals surface area (Å²) < 4.78 is 2.12. The van der Waals surface area contributed by atoms with Crippen LogP contribution in [0.15, 0.2) is 30.5 Å². The Balaban J connectivity index is 1.93. The maximum Gasteiger partial charge on any atom is 0.0621 e. The number of unbranched alkanes of at least 4 members (excludes halogenated alkanes) is 2. The minimum absolute atomic E-state index is 0.652. The minimum atomic E-state index is 0.652. The second-order valence-electron chi connectivity index (χ2n) is 4.24. The largest absolute Gasteiger partial charge is 0.385 e. The van der Waals surface area contributed by atoms with Crippen molar-refractivity contribution < 1.29 is 0 Å². The van der Waals surface area contributed by atoms with E-state index < -0.39 is 0 Å². The minimum Gasteiger partial charge on any atom is -0.385 e. The zero-order valence-corrected chi connectivity index (χ0v) is 10.1. The van der Waals surface area contributed by atoms with Crippen LogP contribution in [0.5, 0.6) is 0 Å². The lowest BCUT2D eigenvalue weighted by atomic mass is 10.2. The van der Waals surface area contributed by atoms with E-state index in [0.29, 0.717) is 6.42 Å². The van der Waals surface area contributed by atoms with Crippen LogP contribution in [0.2, 0.25) is 0 Å². The van der Waals surface area contributed by atoms with Crippen molar-refractivity contribution in [2.45, 2.75) is 19.3 Å². The van der Waals surface area contributed by atoms with Gasteiger partial charge in [0.15, 0.2) is 0 Å². The standard InChI is InChI=1S/C14H17N3/c1-17-10-7-12-11-13(5-6-14(12)17)16-9-4-2-3-8-15/h5-7,10-11,16H,2-4,9H2,1H3. The third-order valence-corrected chi connectivity index (χ3v) is 2.93. The molecule has 3 heteroatoms. The molecule has 0 unspecified atom stereocenters. The number of rotatable bonds is 5. The van der Waals surface area contributed by atoms with Gasteiger partial charge in [-0.1, -0.05) is 0 Å². The second kappa shape index (κ2) is 5.40. The normalized spacial score (nSPS) is 10.4. The third-order valence-electron chi connectivity index (χ3n) is 2.93. The molecule has 1 heterocycles. The van der Waals surface area contributed by atoms with Gasteiger partial charge in [-0.25, -0.2) is 0 Å². The molecule has 17 heavy (non-hydrogen) atoms. The molecule has 2 rings (SSSR count). The summed E-state index contributed by atoms with van der Waals surface area (Å²) in [5, 5.41) is 13.1. The van der Waals surface area contributed by atoms with Crippen molar-refractivity contribution in [1.29, 1.82) is 5.26 Å². The monoisotopic (exact) mass is 227 g/mol. The topological polar surface area (TPSA) is 40.8 Å². The molecule has 3 nitrogen and oxygen atoms in total. The molecule has 0 amide bonds. The van der Waals surface area contributed by atoms with Crippen molar-refractivity contribution in [3.63, 3.8) is 0 Å². The van der Waals surface area contributed by atoms with Crippen molar-refractivity contribution in [2.75, 3.05) is 11.9 Å². The highest BCUT2D eigenvalue weighted by Gasteiger charge is 1.98. The molecule has 2 aromatic rings. The molecule has 0 bridgehead atoms. The lowest BCUT2D eigenvalue weighted by Gasteiger charge is -2.06. The number of hydrogen-bond donors (Lipinski definition) is 1. The molecule has 0 radical (unpaired) electrons. The predicted octanol–water partition coefficient (Wildman–Crippen LogP) is 3.28. The van der Waals surface area contributed by atoms with Crippen LogP contribution in [0.4, 0.5) is 5.69 Å². The number of hydrogen-bond acceptors (Lipinski definition) is 2. The molecule has 0 saturated carbocycles. The van der Waals surface area contributed by atoms with E-state index in [9.17, 15) is 0 Å². The SMILES string of the molecule is Cn1ccc2cc(NCCCCC#N)ccc21. The zero-order chi connectivity index (χ0) is 12.1. The Labute approximate surface area is 102 Å². The van der Waals surface area contributed by atoms with E-state index in [0.717, 1.165) is 25.1 Å². The van der Waals surface area contributed by atoms with Crippen LogP contribution in [-0.2, 0) is 7.05 Å². The summed E-state index contributed by atoms with van der Waals surface area (Å²) in [5.41, 5.74) is 2.40. The Hall–Kier alpha value is -1.95. The number of fused-ring (bicyclic) bond motifs is 1. The molecule has 0 aliphatic rings. The Morgan fingerprint density at radius 2 is 2.18 bits per heavy atom. The van der Waals surface area contributed by atoms with Crippen molar-refractivity contribution in [2.24, 2.45) is 7.05 Å². The Morgan fingerprint density at radius 1 is 1.29 bits per heavy atom. The van der Waals surface area contributed by atoms with Crippen LogP contribution in [0.25, 0.3) is 10.9 Å². The van der Waals surface area contributed by atoms with Gasteiger partial charge in [0.05, 0.1) is 6.07 Å². The summed E-state index contributed by atoms with van der Waals surface area (Å²) in [4.78, 5) is 0. The molecule has 0 spiro atoms.